The van der Waals surface area contributed by atoms with E-state index in [0.717, 1.165) is 40.7 Å². The highest BCUT2D eigenvalue weighted by atomic mass is 16.5. The summed E-state index contributed by atoms with van der Waals surface area (Å²) in [7, 11) is 0. The number of rotatable bonds is 13. The number of aliphatic carboxylic acids is 1. The van der Waals surface area contributed by atoms with Crippen LogP contribution in [0, 0.1) is 11.8 Å². The molecule has 8 nitrogen and oxygen atoms in total. The lowest BCUT2D eigenvalue weighted by atomic mass is 9.98. The molecule has 3 aromatic carbocycles. The van der Waals surface area contributed by atoms with Gasteiger partial charge in [0.25, 0.3) is 0 Å². The second-order valence-electron chi connectivity index (χ2n) is 10.9. The molecule has 2 amide bonds. The molecule has 3 N–H and O–H groups in total. The van der Waals surface area contributed by atoms with E-state index < -0.39 is 24.2 Å². The molecule has 1 saturated carbocycles. The van der Waals surface area contributed by atoms with Crippen molar-refractivity contribution >= 4 is 18.0 Å². The average Bonchev–Trinajstić information content (AvgIpc) is 3.78. The number of nitrogens with one attached hydrogen (secondary N) is 2. The number of hydrogen-bond acceptors (Lipinski definition) is 5. The van der Waals surface area contributed by atoms with Crippen LogP contribution in [0.1, 0.15) is 48.8 Å². The number of carbonyl (C=O) groups is 3. The summed E-state index contributed by atoms with van der Waals surface area (Å²) < 4.78 is 11.4. The van der Waals surface area contributed by atoms with Crippen LogP contribution in [0.3, 0.4) is 0 Å². The van der Waals surface area contributed by atoms with E-state index >= 15 is 0 Å². The van der Waals surface area contributed by atoms with Gasteiger partial charge in [-0.3, -0.25) is 4.79 Å². The molecule has 3 atom stereocenters. The van der Waals surface area contributed by atoms with E-state index in [-0.39, 0.29) is 43.9 Å². The van der Waals surface area contributed by atoms with Gasteiger partial charge in [-0.15, -0.1) is 0 Å². The van der Waals surface area contributed by atoms with Crippen molar-refractivity contribution in [3.8, 4) is 11.1 Å². The van der Waals surface area contributed by atoms with Gasteiger partial charge >= 0.3 is 12.1 Å². The van der Waals surface area contributed by atoms with Crippen LogP contribution in [0.5, 0.6) is 0 Å². The summed E-state index contributed by atoms with van der Waals surface area (Å²) >= 11 is 0. The van der Waals surface area contributed by atoms with E-state index in [1.54, 1.807) is 6.92 Å². The fourth-order valence-electron chi connectivity index (χ4n) is 5.59. The Hall–Kier alpha value is -4.17. The zero-order valence-electron chi connectivity index (χ0n) is 23.1. The van der Waals surface area contributed by atoms with Gasteiger partial charge in [0.15, 0.2) is 6.04 Å². The van der Waals surface area contributed by atoms with E-state index in [1.165, 1.54) is 0 Å². The topological polar surface area (TPSA) is 114 Å². The number of fused-ring (bicyclic) bond motifs is 3. The largest absolute Gasteiger partial charge is 0.480 e. The van der Waals surface area contributed by atoms with Gasteiger partial charge in [-0.1, -0.05) is 78.9 Å². The summed E-state index contributed by atoms with van der Waals surface area (Å²) in [5, 5.41) is 15.2. The highest BCUT2D eigenvalue weighted by Crippen LogP contribution is 2.44. The minimum absolute atomic E-state index is 0.0304. The molecular formula is C33H36N2O6. The van der Waals surface area contributed by atoms with E-state index in [0.29, 0.717) is 5.92 Å². The Morgan fingerprint density at radius 3 is 2.12 bits per heavy atom. The molecule has 1 fully saturated rings. The van der Waals surface area contributed by atoms with Crippen molar-refractivity contribution in [3.05, 3.63) is 95.6 Å². The van der Waals surface area contributed by atoms with Crippen LogP contribution in [-0.2, 0) is 25.7 Å². The number of alkyl carbamates (subject to hydrolysis) is 1. The van der Waals surface area contributed by atoms with Crippen molar-refractivity contribution in [3.63, 3.8) is 0 Å². The molecule has 0 heterocycles. The minimum Gasteiger partial charge on any atom is -0.480 e. The average molecular weight is 557 g/mol. The number of benzene rings is 3. The minimum atomic E-state index is -1.18. The lowest BCUT2D eigenvalue weighted by molar-refractivity contribution is -0.146. The Balaban J connectivity index is 1.11. The molecular weight excluding hydrogens is 520 g/mol. The normalized spacial score (nSPS) is 16.1. The van der Waals surface area contributed by atoms with Gasteiger partial charge < -0.3 is 25.2 Å². The number of carbonyl (C=O) groups excluding carboxylic acids is 2. The lowest BCUT2D eigenvalue weighted by Gasteiger charge is -2.23. The fraction of sp³-hybridized carbons (Fsp3) is 0.364. The number of amides is 2. The summed E-state index contributed by atoms with van der Waals surface area (Å²) in [6.07, 6.45) is 0.815. The van der Waals surface area contributed by atoms with Crippen molar-refractivity contribution in [2.75, 3.05) is 13.2 Å². The summed E-state index contributed by atoms with van der Waals surface area (Å²) in [5.41, 5.74) is 5.53. The van der Waals surface area contributed by atoms with E-state index in [9.17, 15) is 19.5 Å². The fourth-order valence-corrected chi connectivity index (χ4v) is 5.59. The summed E-state index contributed by atoms with van der Waals surface area (Å²) in [6, 6.07) is 24.6. The number of ether oxygens (including phenoxy) is 2. The van der Waals surface area contributed by atoms with Gasteiger partial charge in [0.05, 0.1) is 12.7 Å². The van der Waals surface area contributed by atoms with Crippen molar-refractivity contribution in [1.82, 2.24) is 10.6 Å². The van der Waals surface area contributed by atoms with Crippen LogP contribution >= 0.6 is 0 Å². The summed E-state index contributed by atoms with van der Waals surface area (Å²) in [6.45, 7) is 2.39. The van der Waals surface area contributed by atoms with Crippen LogP contribution in [0.4, 0.5) is 4.79 Å². The zero-order chi connectivity index (χ0) is 28.8. The molecule has 214 valence electrons. The Bertz CT molecular complexity index is 1330. The van der Waals surface area contributed by atoms with Crippen molar-refractivity contribution in [2.45, 2.75) is 50.9 Å². The maximum atomic E-state index is 12.9. The van der Waals surface area contributed by atoms with Gasteiger partial charge in [0.2, 0.25) is 5.91 Å². The Labute approximate surface area is 240 Å². The highest BCUT2D eigenvalue weighted by molar-refractivity contribution is 5.84. The summed E-state index contributed by atoms with van der Waals surface area (Å²) in [4.78, 5) is 37.5. The molecule has 41 heavy (non-hydrogen) atoms. The van der Waals surface area contributed by atoms with Crippen LogP contribution in [0.25, 0.3) is 11.1 Å². The maximum Gasteiger partial charge on any atom is 0.407 e. The summed E-state index contributed by atoms with van der Waals surface area (Å²) in [5.74, 6) is -1.36. The molecule has 8 heteroatoms. The first-order valence-corrected chi connectivity index (χ1v) is 14.2. The highest BCUT2D eigenvalue weighted by Gasteiger charge is 2.35. The molecule has 0 bridgehead atoms. The molecule has 3 aromatic rings. The molecule has 0 aromatic heterocycles. The van der Waals surface area contributed by atoms with Crippen LogP contribution < -0.4 is 10.6 Å². The van der Waals surface area contributed by atoms with Gasteiger partial charge in [-0.05, 0) is 59.4 Å². The van der Waals surface area contributed by atoms with Crippen molar-refractivity contribution in [1.29, 1.82) is 0 Å². The SMILES string of the molecule is CC(OCc1ccccc1)C(NC(=O)CC(CNC(=O)OCC1c2ccccc2-c2ccccc21)C1CC1)C(=O)O. The zero-order valence-corrected chi connectivity index (χ0v) is 23.1. The smallest absolute Gasteiger partial charge is 0.407 e. The molecule has 0 saturated heterocycles. The third-order valence-corrected chi connectivity index (χ3v) is 8.00. The van der Waals surface area contributed by atoms with E-state index in [4.69, 9.17) is 9.47 Å². The molecule has 2 aliphatic rings. The molecule has 0 radical (unpaired) electrons. The third kappa shape index (κ3) is 7.13. The maximum absolute atomic E-state index is 12.9. The van der Waals surface area contributed by atoms with Gasteiger partial charge in [0.1, 0.15) is 6.61 Å². The third-order valence-electron chi connectivity index (χ3n) is 8.00. The van der Waals surface area contributed by atoms with Gasteiger partial charge in [0, 0.05) is 18.9 Å². The predicted molar refractivity (Wildman–Crippen MR) is 154 cm³/mol. The van der Waals surface area contributed by atoms with Crippen molar-refractivity contribution in [2.24, 2.45) is 11.8 Å². The molecule has 2 aliphatic carbocycles. The monoisotopic (exact) mass is 556 g/mol. The first-order valence-electron chi connectivity index (χ1n) is 14.2. The Morgan fingerprint density at radius 1 is 0.902 bits per heavy atom. The quantitative estimate of drug-likeness (QED) is 0.269. The van der Waals surface area contributed by atoms with Crippen LogP contribution in [0.15, 0.2) is 78.9 Å². The van der Waals surface area contributed by atoms with Gasteiger partial charge in [-0.2, -0.15) is 0 Å². The molecule has 0 aliphatic heterocycles. The predicted octanol–water partition coefficient (Wildman–Crippen LogP) is 5.12. The van der Waals surface area contributed by atoms with Gasteiger partial charge in [-0.25, -0.2) is 9.59 Å². The standard InChI is InChI=1S/C33H36N2O6/c1-21(40-19-22-9-3-2-4-10-22)31(32(37)38)35-30(36)17-24(23-15-16-23)18-34-33(39)41-20-29-27-13-7-5-11-25(27)26-12-6-8-14-28(26)29/h2-14,21,23-24,29,31H,15-20H2,1H3,(H,34,39)(H,35,36)(H,37,38). The first kappa shape index (κ1) is 28.4. The van der Waals surface area contributed by atoms with E-state index in [2.05, 4.69) is 34.9 Å². The Kier molecular flexibility index (Phi) is 8.99. The van der Waals surface area contributed by atoms with E-state index in [1.807, 2.05) is 54.6 Å². The first-order chi connectivity index (χ1) is 19.9. The van der Waals surface area contributed by atoms with Crippen LogP contribution in [-0.4, -0.2) is 48.4 Å². The van der Waals surface area contributed by atoms with Crippen LogP contribution in [0.2, 0.25) is 0 Å². The molecule has 0 spiro atoms. The molecule has 3 unspecified atom stereocenters. The number of carboxylic acid groups (broad SMARTS) is 1. The number of hydrogen-bond donors (Lipinski definition) is 3. The number of carboxylic acids is 1. The Morgan fingerprint density at radius 2 is 1.51 bits per heavy atom. The lowest BCUT2D eigenvalue weighted by Crippen LogP contribution is -2.49. The second-order valence-corrected chi connectivity index (χ2v) is 10.9. The van der Waals surface area contributed by atoms with Crippen molar-refractivity contribution < 1.29 is 29.0 Å². The second kappa shape index (κ2) is 13.0. The molecule has 5 rings (SSSR count).